The topological polar surface area (TPSA) is 111 Å². The number of fused-ring (bicyclic) bond motifs is 2. The highest BCUT2D eigenvalue weighted by molar-refractivity contribution is 5.96. The molecule has 0 radical (unpaired) electrons. The number of methoxy groups -OCH3 is 1. The Hall–Kier alpha value is -5.76. The first-order valence-electron chi connectivity index (χ1n) is 13.7. The van der Waals surface area contributed by atoms with Crippen molar-refractivity contribution in [1.29, 1.82) is 0 Å². The number of rotatable bonds is 7. The van der Waals surface area contributed by atoms with Gasteiger partial charge in [0.15, 0.2) is 5.75 Å². The van der Waals surface area contributed by atoms with Crippen LogP contribution >= 0.6 is 0 Å². The fourth-order valence-electron chi connectivity index (χ4n) is 4.97. The molecule has 8 heteroatoms. The van der Waals surface area contributed by atoms with Crippen molar-refractivity contribution >= 4 is 55.7 Å². The van der Waals surface area contributed by atoms with Gasteiger partial charge in [-0.3, -0.25) is 0 Å². The Bertz CT molecular complexity index is 2040. The number of azo groups is 2. The van der Waals surface area contributed by atoms with E-state index in [1.807, 2.05) is 85.8 Å². The van der Waals surface area contributed by atoms with Crippen molar-refractivity contribution in [1.82, 2.24) is 0 Å². The summed E-state index contributed by atoms with van der Waals surface area (Å²) in [5.41, 5.74) is 5.25. The standard InChI is InChI=1S/C35H29N5O3/c1-21-8-7-9-23-12-13-27(18-29(21)23)37-39-31-19-32(41)30(20-33(31)43-3)38-40-34-22(2)16-24-17-26(14-15-28(24)35(34)42)36-25-10-5-4-6-11-25/h4-20,36,41-42H,1-3H3. The van der Waals surface area contributed by atoms with Gasteiger partial charge >= 0.3 is 0 Å². The third kappa shape index (κ3) is 5.71. The minimum atomic E-state index is -0.151. The lowest BCUT2D eigenvalue weighted by atomic mass is 10.0. The number of nitrogens with zero attached hydrogens (tertiary/aromatic N) is 4. The molecule has 0 fully saturated rings. The van der Waals surface area contributed by atoms with Gasteiger partial charge in [0.2, 0.25) is 0 Å². The maximum absolute atomic E-state index is 11.1. The largest absolute Gasteiger partial charge is 0.506 e. The lowest BCUT2D eigenvalue weighted by Gasteiger charge is -2.11. The molecule has 8 nitrogen and oxygen atoms in total. The first-order valence-corrected chi connectivity index (χ1v) is 13.7. The van der Waals surface area contributed by atoms with Gasteiger partial charge in [0.1, 0.15) is 28.6 Å². The number of ether oxygens (including phenoxy) is 1. The predicted octanol–water partition coefficient (Wildman–Crippen LogP) is 10.6. The number of hydrogen-bond acceptors (Lipinski definition) is 8. The average Bonchev–Trinajstić information content (AvgIpc) is 3.01. The molecule has 0 aliphatic carbocycles. The second-order valence-corrected chi connectivity index (χ2v) is 10.2. The first-order chi connectivity index (χ1) is 20.9. The van der Waals surface area contributed by atoms with E-state index < -0.39 is 0 Å². The van der Waals surface area contributed by atoms with Crippen LogP contribution in [0, 0.1) is 13.8 Å². The van der Waals surface area contributed by atoms with Crippen LogP contribution in [0.25, 0.3) is 21.5 Å². The van der Waals surface area contributed by atoms with E-state index in [4.69, 9.17) is 4.74 Å². The van der Waals surface area contributed by atoms with E-state index >= 15 is 0 Å². The van der Waals surface area contributed by atoms with Gasteiger partial charge in [0.25, 0.3) is 0 Å². The zero-order valence-electron chi connectivity index (χ0n) is 23.9. The van der Waals surface area contributed by atoms with Crippen molar-refractivity contribution in [2.24, 2.45) is 20.5 Å². The third-order valence-corrected chi connectivity index (χ3v) is 7.23. The molecule has 0 spiro atoms. The molecule has 6 aromatic carbocycles. The molecule has 3 N–H and O–H groups in total. The second-order valence-electron chi connectivity index (χ2n) is 10.2. The van der Waals surface area contributed by atoms with Crippen LogP contribution in [-0.4, -0.2) is 17.3 Å². The van der Waals surface area contributed by atoms with Crippen molar-refractivity contribution in [2.75, 3.05) is 12.4 Å². The number of nitrogens with one attached hydrogen (secondary N) is 1. The van der Waals surface area contributed by atoms with Gasteiger partial charge in [-0.2, -0.15) is 5.11 Å². The quantitative estimate of drug-likeness (QED) is 0.167. The predicted molar refractivity (Wildman–Crippen MR) is 172 cm³/mol. The number of aromatic hydroxyl groups is 2. The lowest BCUT2D eigenvalue weighted by molar-refractivity contribution is 0.413. The van der Waals surface area contributed by atoms with Crippen molar-refractivity contribution < 1.29 is 14.9 Å². The number of aryl methyl sites for hydroxylation is 2. The van der Waals surface area contributed by atoms with Gasteiger partial charge in [-0.05, 0) is 89.7 Å². The lowest BCUT2D eigenvalue weighted by Crippen LogP contribution is -1.90. The van der Waals surface area contributed by atoms with E-state index in [2.05, 4.69) is 44.8 Å². The van der Waals surface area contributed by atoms with Gasteiger partial charge in [-0.1, -0.05) is 42.5 Å². The Morgan fingerprint density at radius 2 is 1.42 bits per heavy atom. The molecule has 0 bridgehead atoms. The van der Waals surface area contributed by atoms with E-state index in [1.54, 1.807) is 0 Å². The molecule has 0 atom stereocenters. The molecule has 212 valence electrons. The van der Waals surface area contributed by atoms with E-state index in [9.17, 15) is 10.2 Å². The third-order valence-electron chi connectivity index (χ3n) is 7.23. The summed E-state index contributed by atoms with van der Waals surface area (Å²) in [6.07, 6.45) is 0. The van der Waals surface area contributed by atoms with Crippen LogP contribution in [0.5, 0.6) is 17.2 Å². The van der Waals surface area contributed by atoms with E-state index in [-0.39, 0.29) is 17.2 Å². The molecule has 6 rings (SSSR count). The molecule has 0 amide bonds. The number of phenolic OH excluding ortho intramolecular Hbond substituents is 2. The molecule has 0 saturated carbocycles. The van der Waals surface area contributed by atoms with E-state index in [1.165, 1.54) is 19.2 Å². The number of phenols is 2. The summed E-state index contributed by atoms with van der Waals surface area (Å²) in [7, 11) is 1.51. The van der Waals surface area contributed by atoms with Crippen molar-refractivity contribution in [3.8, 4) is 17.2 Å². The van der Waals surface area contributed by atoms with Gasteiger partial charge in [-0.15, -0.1) is 15.3 Å². The smallest absolute Gasteiger partial charge is 0.151 e. The molecule has 0 heterocycles. The SMILES string of the molecule is COc1cc(N=Nc2c(C)cc3cc(Nc4ccccc4)ccc3c2O)c(O)cc1N=Nc1ccc2cccc(C)c2c1. The summed E-state index contributed by atoms with van der Waals surface area (Å²) in [5.74, 6) is 0.222. The summed E-state index contributed by atoms with van der Waals surface area (Å²) in [4.78, 5) is 0. The maximum atomic E-state index is 11.1. The van der Waals surface area contributed by atoms with Gasteiger partial charge < -0.3 is 20.3 Å². The first kappa shape index (κ1) is 27.4. The second kappa shape index (κ2) is 11.6. The Kier molecular flexibility index (Phi) is 7.41. The Labute approximate surface area is 248 Å². The molecule has 0 aliphatic rings. The summed E-state index contributed by atoms with van der Waals surface area (Å²) in [5, 5.41) is 46.1. The summed E-state index contributed by atoms with van der Waals surface area (Å²) in [6.45, 7) is 3.90. The van der Waals surface area contributed by atoms with Crippen LogP contribution in [0.3, 0.4) is 0 Å². The average molecular weight is 568 g/mol. The molecule has 0 saturated heterocycles. The van der Waals surface area contributed by atoms with Gasteiger partial charge in [0.05, 0.1) is 12.8 Å². The van der Waals surface area contributed by atoms with Crippen molar-refractivity contribution in [3.05, 3.63) is 114 Å². The van der Waals surface area contributed by atoms with Crippen LogP contribution in [0.1, 0.15) is 11.1 Å². The Morgan fingerprint density at radius 3 is 2.23 bits per heavy atom. The summed E-state index contributed by atoms with van der Waals surface area (Å²) < 4.78 is 5.51. The highest BCUT2D eigenvalue weighted by atomic mass is 16.5. The molecule has 43 heavy (non-hydrogen) atoms. The fourth-order valence-corrected chi connectivity index (χ4v) is 4.97. The zero-order valence-corrected chi connectivity index (χ0v) is 23.9. The van der Waals surface area contributed by atoms with Crippen LogP contribution < -0.4 is 10.1 Å². The number of anilines is 2. The minimum Gasteiger partial charge on any atom is -0.506 e. The fraction of sp³-hybridized carbons (Fsp3) is 0.0857. The normalized spacial score (nSPS) is 11.6. The van der Waals surface area contributed by atoms with E-state index in [0.29, 0.717) is 28.2 Å². The molecular formula is C35H29N5O3. The van der Waals surface area contributed by atoms with Crippen LogP contribution in [0.4, 0.5) is 34.1 Å². The van der Waals surface area contributed by atoms with Crippen LogP contribution in [-0.2, 0) is 0 Å². The maximum Gasteiger partial charge on any atom is 0.151 e. The summed E-state index contributed by atoms with van der Waals surface area (Å²) >= 11 is 0. The monoisotopic (exact) mass is 567 g/mol. The zero-order chi connectivity index (χ0) is 29.9. The van der Waals surface area contributed by atoms with Crippen LogP contribution in [0.2, 0.25) is 0 Å². The minimum absolute atomic E-state index is 0.00695. The highest BCUT2D eigenvalue weighted by Crippen LogP contribution is 2.43. The number of benzene rings is 6. The Balaban J connectivity index is 1.27. The molecule has 0 aliphatic heterocycles. The highest BCUT2D eigenvalue weighted by Gasteiger charge is 2.14. The number of hydrogen-bond donors (Lipinski definition) is 3. The number of para-hydroxylation sites is 1. The van der Waals surface area contributed by atoms with Crippen molar-refractivity contribution in [3.63, 3.8) is 0 Å². The Morgan fingerprint density at radius 1 is 0.605 bits per heavy atom. The van der Waals surface area contributed by atoms with Crippen molar-refractivity contribution in [2.45, 2.75) is 13.8 Å². The molecule has 0 unspecified atom stereocenters. The van der Waals surface area contributed by atoms with Gasteiger partial charge in [0, 0.05) is 28.9 Å². The molecular weight excluding hydrogens is 538 g/mol. The van der Waals surface area contributed by atoms with Crippen LogP contribution in [0.15, 0.2) is 124 Å². The van der Waals surface area contributed by atoms with Gasteiger partial charge in [-0.25, -0.2) is 0 Å². The van der Waals surface area contributed by atoms with E-state index in [0.717, 1.165) is 38.7 Å². The summed E-state index contributed by atoms with van der Waals surface area (Å²) in [6, 6.07) is 32.5. The molecule has 0 aromatic heterocycles. The molecule has 6 aromatic rings.